The van der Waals surface area contributed by atoms with Gasteiger partial charge in [0.2, 0.25) is 5.91 Å². The van der Waals surface area contributed by atoms with Crippen molar-refractivity contribution in [2.45, 2.75) is 19.8 Å². The number of halogens is 1. The van der Waals surface area contributed by atoms with Gasteiger partial charge in [-0.15, -0.1) is 0 Å². The Morgan fingerprint density at radius 1 is 1.25 bits per heavy atom. The van der Waals surface area contributed by atoms with Gasteiger partial charge in [0.05, 0.1) is 11.8 Å². The lowest BCUT2D eigenvalue weighted by molar-refractivity contribution is -0.146. The molecule has 0 saturated carbocycles. The molecule has 0 unspecified atom stereocenters. The van der Waals surface area contributed by atoms with Crippen LogP contribution in [0.3, 0.4) is 0 Å². The summed E-state index contributed by atoms with van der Waals surface area (Å²) in [5.74, 6) is -2.98. The summed E-state index contributed by atoms with van der Waals surface area (Å²) < 4.78 is 13.0. The van der Waals surface area contributed by atoms with Gasteiger partial charge in [0.25, 0.3) is 0 Å². The van der Waals surface area contributed by atoms with Crippen LogP contribution in [0.4, 0.5) is 10.1 Å². The second kappa shape index (κ2) is 5.86. The maximum Gasteiger partial charge on any atom is 0.307 e. The van der Waals surface area contributed by atoms with Crippen molar-refractivity contribution >= 4 is 17.6 Å². The van der Waals surface area contributed by atoms with Crippen molar-refractivity contribution in [2.24, 2.45) is 11.8 Å². The number of carboxylic acid groups (broad SMARTS) is 1. The molecule has 0 aliphatic heterocycles. The number of hydrogen-bond donors (Lipinski definition) is 2. The number of amides is 1. The Morgan fingerprint density at radius 3 is 2.50 bits per heavy atom. The van der Waals surface area contributed by atoms with Gasteiger partial charge < -0.3 is 10.4 Å². The largest absolute Gasteiger partial charge is 0.481 e. The summed E-state index contributed by atoms with van der Waals surface area (Å²) in [6.45, 7) is 1.69. The molecule has 1 aromatic rings. The third-order valence-corrected chi connectivity index (χ3v) is 3.53. The van der Waals surface area contributed by atoms with Gasteiger partial charge in [0, 0.05) is 5.69 Å². The smallest absolute Gasteiger partial charge is 0.307 e. The van der Waals surface area contributed by atoms with Crippen molar-refractivity contribution in [1.29, 1.82) is 0 Å². The zero-order valence-electron chi connectivity index (χ0n) is 11.1. The number of aryl methyl sites for hydroxylation is 1. The third-order valence-electron chi connectivity index (χ3n) is 3.53. The predicted molar refractivity (Wildman–Crippen MR) is 72.8 cm³/mol. The SMILES string of the molecule is Cc1cc(F)ccc1NC(=O)[C@H]1CC=CC[C@@H]1C(=O)O. The average molecular weight is 277 g/mol. The highest BCUT2D eigenvalue weighted by Gasteiger charge is 2.34. The van der Waals surface area contributed by atoms with Crippen LogP contribution >= 0.6 is 0 Å². The van der Waals surface area contributed by atoms with Gasteiger partial charge in [-0.05, 0) is 43.5 Å². The van der Waals surface area contributed by atoms with Crippen molar-refractivity contribution in [1.82, 2.24) is 0 Å². The molecule has 0 radical (unpaired) electrons. The number of anilines is 1. The molecule has 0 saturated heterocycles. The first-order valence-corrected chi connectivity index (χ1v) is 6.44. The minimum absolute atomic E-state index is 0.337. The number of carbonyl (C=O) groups is 2. The lowest BCUT2D eigenvalue weighted by Crippen LogP contribution is -2.34. The van der Waals surface area contributed by atoms with Gasteiger partial charge in [-0.1, -0.05) is 12.2 Å². The first-order chi connectivity index (χ1) is 9.49. The summed E-state index contributed by atoms with van der Waals surface area (Å²) in [6, 6.07) is 4.07. The maximum absolute atomic E-state index is 13.0. The van der Waals surface area contributed by atoms with E-state index in [-0.39, 0.29) is 11.7 Å². The van der Waals surface area contributed by atoms with Crippen LogP contribution in [-0.4, -0.2) is 17.0 Å². The molecular formula is C15H16FNO3. The third kappa shape index (κ3) is 3.04. The number of allylic oxidation sites excluding steroid dienone is 2. The van der Waals surface area contributed by atoms with E-state index in [4.69, 9.17) is 5.11 Å². The molecule has 106 valence electrons. The van der Waals surface area contributed by atoms with E-state index < -0.39 is 17.8 Å². The Morgan fingerprint density at radius 2 is 1.90 bits per heavy atom. The van der Waals surface area contributed by atoms with Crippen LogP contribution in [0.15, 0.2) is 30.4 Å². The molecule has 0 spiro atoms. The van der Waals surface area contributed by atoms with Gasteiger partial charge in [-0.2, -0.15) is 0 Å². The summed E-state index contributed by atoms with van der Waals surface area (Å²) in [6.07, 6.45) is 4.37. The van der Waals surface area contributed by atoms with E-state index in [9.17, 15) is 14.0 Å². The Bertz CT molecular complexity index is 568. The lowest BCUT2D eigenvalue weighted by atomic mass is 9.82. The molecule has 5 heteroatoms. The number of rotatable bonds is 3. The highest BCUT2D eigenvalue weighted by molar-refractivity contribution is 5.96. The number of carboxylic acids is 1. The molecule has 1 aliphatic carbocycles. The van der Waals surface area contributed by atoms with E-state index in [1.807, 2.05) is 6.08 Å². The minimum Gasteiger partial charge on any atom is -0.481 e. The first kappa shape index (κ1) is 14.2. The Balaban J connectivity index is 2.14. The summed E-state index contributed by atoms with van der Waals surface area (Å²) >= 11 is 0. The van der Waals surface area contributed by atoms with Crippen LogP contribution in [0.2, 0.25) is 0 Å². The number of nitrogens with one attached hydrogen (secondary N) is 1. The fourth-order valence-corrected chi connectivity index (χ4v) is 2.37. The van der Waals surface area contributed by atoms with Crippen molar-refractivity contribution in [2.75, 3.05) is 5.32 Å². The molecule has 2 N–H and O–H groups in total. The monoisotopic (exact) mass is 277 g/mol. The summed E-state index contributed by atoms with van der Waals surface area (Å²) in [7, 11) is 0. The minimum atomic E-state index is -0.967. The van der Waals surface area contributed by atoms with Gasteiger partial charge in [0.15, 0.2) is 0 Å². The van der Waals surface area contributed by atoms with Gasteiger partial charge in [0.1, 0.15) is 5.82 Å². The van der Waals surface area contributed by atoms with Crippen molar-refractivity contribution in [3.8, 4) is 0 Å². The van der Waals surface area contributed by atoms with E-state index in [1.165, 1.54) is 18.2 Å². The normalized spacial score (nSPS) is 21.5. The van der Waals surface area contributed by atoms with E-state index in [1.54, 1.807) is 13.0 Å². The predicted octanol–water partition coefficient (Wildman–Crippen LogP) is 2.74. The van der Waals surface area contributed by atoms with Gasteiger partial charge in [-0.25, -0.2) is 4.39 Å². The lowest BCUT2D eigenvalue weighted by Gasteiger charge is -2.24. The van der Waals surface area contributed by atoms with E-state index in [0.29, 0.717) is 24.1 Å². The zero-order valence-corrected chi connectivity index (χ0v) is 11.1. The highest BCUT2D eigenvalue weighted by atomic mass is 19.1. The molecule has 1 amide bonds. The van der Waals surface area contributed by atoms with E-state index >= 15 is 0 Å². The standard InChI is InChI=1S/C15H16FNO3/c1-9-8-10(16)6-7-13(9)17-14(18)11-4-2-3-5-12(11)15(19)20/h2-3,6-8,11-12H,4-5H2,1H3,(H,17,18)(H,19,20)/t11-,12-/m0/s1. The fourth-order valence-electron chi connectivity index (χ4n) is 2.37. The van der Waals surface area contributed by atoms with Gasteiger partial charge >= 0.3 is 5.97 Å². The van der Waals surface area contributed by atoms with Crippen LogP contribution in [0.5, 0.6) is 0 Å². The van der Waals surface area contributed by atoms with E-state index in [0.717, 1.165) is 0 Å². The first-order valence-electron chi connectivity index (χ1n) is 6.44. The maximum atomic E-state index is 13.0. The Kier molecular flexibility index (Phi) is 4.17. The Hall–Kier alpha value is -2.17. The molecule has 1 aliphatic rings. The number of aliphatic carboxylic acids is 1. The Labute approximate surface area is 116 Å². The second-order valence-corrected chi connectivity index (χ2v) is 4.94. The average Bonchev–Trinajstić information content (AvgIpc) is 2.41. The molecule has 2 rings (SSSR count). The molecule has 2 atom stereocenters. The van der Waals surface area contributed by atoms with Crippen molar-refractivity contribution in [3.63, 3.8) is 0 Å². The van der Waals surface area contributed by atoms with Crippen LogP contribution in [0.1, 0.15) is 18.4 Å². The molecular weight excluding hydrogens is 261 g/mol. The summed E-state index contributed by atoms with van der Waals surface area (Å²) in [5.41, 5.74) is 1.12. The molecule has 0 bridgehead atoms. The van der Waals surface area contributed by atoms with Crippen LogP contribution in [0.25, 0.3) is 0 Å². The number of benzene rings is 1. The quantitative estimate of drug-likeness (QED) is 0.835. The molecule has 0 aromatic heterocycles. The van der Waals surface area contributed by atoms with Crippen LogP contribution < -0.4 is 5.32 Å². The highest BCUT2D eigenvalue weighted by Crippen LogP contribution is 2.27. The summed E-state index contributed by atoms with van der Waals surface area (Å²) in [5, 5.41) is 11.8. The molecule has 4 nitrogen and oxygen atoms in total. The topological polar surface area (TPSA) is 66.4 Å². The van der Waals surface area contributed by atoms with E-state index in [2.05, 4.69) is 5.32 Å². The second-order valence-electron chi connectivity index (χ2n) is 4.94. The fraction of sp³-hybridized carbons (Fsp3) is 0.333. The zero-order chi connectivity index (χ0) is 14.7. The number of hydrogen-bond acceptors (Lipinski definition) is 2. The molecule has 0 fully saturated rings. The molecule has 20 heavy (non-hydrogen) atoms. The molecule has 0 heterocycles. The van der Waals surface area contributed by atoms with Crippen LogP contribution in [0, 0.1) is 24.6 Å². The van der Waals surface area contributed by atoms with Gasteiger partial charge in [-0.3, -0.25) is 9.59 Å². The van der Waals surface area contributed by atoms with Crippen LogP contribution in [-0.2, 0) is 9.59 Å². The summed E-state index contributed by atoms with van der Waals surface area (Å²) in [4.78, 5) is 23.4. The number of carbonyl (C=O) groups excluding carboxylic acids is 1. The van der Waals surface area contributed by atoms with Crippen molar-refractivity contribution in [3.05, 3.63) is 41.7 Å². The van der Waals surface area contributed by atoms with Crippen molar-refractivity contribution < 1.29 is 19.1 Å². The molecule has 1 aromatic carbocycles.